The number of ether oxygens (including phenoxy) is 1. The molecule has 0 spiro atoms. The first-order valence-electron chi connectivity index (χ1n) is 7.33. The zero-order chi connectivity index (χ0) is 14.4. The van der Waals surface area contributed by atoms with Gasteiger partial charge in [0, 0.05) is 32.1 Å². The molecule has 0 aromatic heterocycles. The minimum atomic E-state index is 0.0928. The van der Waals surface area contributed by atoms with Crippen LogP contribution in [0.15, 0.2) is 24.3 Å². The van der Waals surface area contributed by atoms with E-state index in [0.29, 0.717) is 5.91 Å². The van der Waals surface area contributed by atoms with Gasteiger partial charge in [-0.25, -0.2) is 0 Å². The van der Waals surface area contributed by atoms with Crippen LogP contribution in [0.1, 0.15) is 18.9 Å². The van der Waals surface area contributed by atoms with Gasteiger partial charge in [0.2, 0.25) is 5.91 Å². The Hall–Kier alpha value is -1.55. The number of hydrogen-bond acceptors (Lipinski definition) is 3. The molecule has 1 heterocycles. The molecule has 0 aliphatic carbocycles. The molecule has 4 nitrogen and oxygen atoms in total. The molecule has 0 saturated carbocycles. The molecule has 1 aliphatic heterocycles. The summed E-state index contributed by atoms with van der Waals surface area (Å²) >= 11 is 0. The summed E-state index contributed by atoms with van der Waals surface area (Å²) in [6.07, 6.45) is 1.83. The van der Waals surface area contributed by atoms with Crippen molar-refractivity contribution in [3.8, 4) is 5.75 Å². The normalized spacial score (nSPS) is 16.8. The molecule has 1 atom stereocenters. The molecule has 1 saturated heterocycles. The second kappa shape index (κ2) is 7.29. The Morgan fingerprint density at radius 3 is 2.55 bits per heavy atom. The van der Waals surface area contributed by atoms with Crippen LogP contribution in [-0.4, -0.2) is 44.1 Å². The van der Waals surface area contributed by atoms with Crippen LogP contribution in [-0.2, 0) is 11.2 Å². The van der Waals surface area contributed by atoms with Crippen molar-refractivity contribution in [3.63, 3.8) is 0 Å². The minimum absolute atomic E-state index is 0.0928. The van der Waals surface area contributed by atoms with E-state index in [-0.39, 0.29) is 5.92 Å². The molecular weight excluding hydrogens is 252 g/mol. The quantitative estimate of drug-likeness (QED) is 0.890. The van der Waals surface area contributed by atoms with Crippen molar-refractivity contribution in [2.75, 3.05) is 33.3 Å². The maximum Gasteiger partial charge on any atom is 0.225 e. The molecule has 1 aromatic rings. The highest BCUT2D eigenvalue weighted by atomic mass is 16.5. The zero-order valence-electron chi connectivity index (χ0n) is 12.4. The van der Waals surface area contributed by atoms with Crippen LogP contribution < -0.4 is 10.1 Å². The lowest BCUT2D eigenvalue weighted by molar-refractivity contribution is -0.135. The van der Waals surface area contributed by atoms with Crippen LogP contribution in [0.5, 0.6) is 5.75 Å². The number of piperazine rings is 1. The first-order valence-corrected chi connectivity index (χ1v) is 7.33. The molecule has 1 fully saturated rings. The van der Waals surface area contributed by atoms with E-state index in [2.05, 4.69) is 17.4 Å². The van der Waals surface area contributed by atoms with Gasteiger partial charge >= 0.3 is 0 Å². The molecule has 1 aliphatic rings. The van der Waals surface area contributed by atoms with Gasteiger partial charge in [-0.1, -0.05) is 19.1 Å². The van der Waals surface area contributed by atoms with Crippen LogP contribution in [0.25, 0.3) is 0 Å². The monoisotopic (exact) mass is 276 g/mol. The molecule has 0 radical (unpaired) electrons. The third-order valence-electron chi connectivity index (χ3n) is 3.88. The average molecular weight is 276 g/mol. The predicted octanol–water partition coefficient (Wildman–Crippen LogP) is 1.70. The van der Waals surface area contributed by atoms with Crippen LogP contribution in [0.2, 0.25) is 0 Å². The van der Waals surface area contributed by atoms with Crippen LogP contribution in [0.4, 0.5) is 0 Å². The standard InChI is InChI=1S/C16H24N2O2/c1-13(16(19)18-11-9-17-10-12-18)3-4-14-5-7-15(20-2)8-6-14/h5-8,13,17H,3-4,9-12H2,1-2H3. The van der Waals surface area contributed by atoms with E-state index < -0.39 is 0 Å². The molecule has 4 heteroatoms. The molecule has 1 aromatic carbocycles. The van der Waals surface area contributed by atoms with Gasteiger partial charge < -0.3 is 15.0 Å². The Labute approximate surface area is 121 Å². The van der Waals surface area contributed by atoms with Crippen molar-refractivity contribution in [2.45, 2.75) is 19.8 Å². The fourth-order valence-corrected chi connectivity index (χ4v) is 2.50. The number of carbonyl (C=O) groups excluding carboxylic acids is 1. The van der Waals surface area contributed by atoms with Gasteiger partial charge in [-0.05, 0) is 30.5 Å². The number of nitrogens with one attached hydrogen (secondary N) is 1. The molecule has 0 bridgehead atoms. The smallest absolute Gasteiger partial charge is 0.225 e. The summed E-state index contributed by atoms with van der Waals surface area (Å²) in [4.78, 5) is 14.3. The number of amides is 1. The largest absolute Gasteiger partial charge is 0.497 e. The lowest BCUT2D eigenvalue weighted by Crippen LogP contribution is -2.48. The summed E-state index contributed by atoms with van der Waals surface area (Å²) in [5, 5.41) is 3.27. The van der Waals surface area contributed by atoms with Crippen LogP contribution in [0.3, 0.4) is 0 Å². The molecule has 1 N–H and O–H groups in total. The average Bonchev–Trinajstić information content (AvgIpc) is 2.53. The summed E-state index contributed by atoms with van der Waals surface area (Å²) in [5.74, 6) is 1.26. The second-order valence-electron chi connectivity index (χ2n) is 5.36. The van der Waals surface area contributed by atoms with Crippen molar-refractivity contribution >= 4 is 5.91 Å². The molecule has 20 heavy (non-hydrogen) atoms. The number of rotatable bonds is 5. The summed E-state index contributed by atoms with van der Waals surface area (Å²) in [5.41, 5.74) is 1.26. The molecule has 2 rings (SSSR count). The Balaban J connectivity index is 1.81. The van der Waals surface area contributed by atoms with Gasteiger partial charge in [0.25, 0.3) is 0 Å². The highest BCUT2D eigenvalue weighted by molar-refractivity contribution is 5.78. The van der Waals surface area contributed by atoms with Gasteiger partial charge in [-0.15, -0.1) is 0 Å². The lowest BCUT2D eigenvalue weighted by Gasteiger charge is -2.29. The fourth-order valence-electron chi connectivity index (χ4n) is 2.50. The minimum Gasteiger partial charge on any atom is -0.497 e. The highest BCUT2D eigenvalue weighted by Gasteiger charge is 2.21. The van der Waals surface area contributed by atoms with E-state index >= 15 is 0 Å². The van der Waals surface area contributed by atoms with E-state index in [9.17, 15) is 4.79 Å². The van der Waals surface area contributed by atoms with Gasteiger partial charge in [0.15, 0.2) is 0 Å². The number of benzene rings is 1. The number of aryl methyl sites for hydroxylation is 1. The molecular formula is C16H24N2O2. The topological polar surface area (TPSA) is 41.6 Å². The van der Waals surface area contributed by atoms with Crippen LogP contribution >= 0.6 is 0 Å². The highest BCUT2D eigenvalue weighted by Crippen LogP contribution is 2.16. The number of carbonyl (C=O) groups is 1. The Morgan fingerprint density at radius 1 is 1.30 bits per heavy atom. The predicted molar refractivity (Wildman–Crippen MR) is 79.9 cm³/mol. The zero-order valence-corrected chi connectivity index (χ0v) is 12.4. The second-order valence-corrected chi connectivity index (χ2v) is 5.36. The number of nitrogens with zero attached hydrogens (tertiary/aromatic N) is 1. The Kier molecular flexibility index (Phi) is 5.41. The van der Waals surface area contributed by atoms with E-state index in [1.54, 1.807) is 7.11 Å². The van der Waals surface area contributed by atoms with Crippen molar-refractivity contribution in [1.82, 2.24) is 10.2 Å². The number of hydrogen-bond donors (Lipinski definition) is 1. The first kappa shape index (κ1) is 14.9. The van der Waals surface area contributed by atoms with Crippen LogP contribution in [0, 0.1) is 5.92 Å². The fraction of sp³-hybridized carbons (Fsp3) is 0.562. The van der Waals surface area contributed by atoms with Gasteiger partial charge in [-0.2, -0.15) is 0 Å². The van der Waals surface area contributed by atoms with E-state index in [0.717, 1.165) is 44.8 Å². The summed E-state index contributed by atoms with van der Waals surface area (Å²) in [6.45, 7) is 5.54. The van der Waals surface area contributed by atoms with E-state index in [4.69, 9.17) is 4.74 Å². The molecule has 1 amide bonds. The third-order valence-corrected chi connectivity index (χ3v) is 3.88. The van der Waals surface area contributed by atoms with Gasteiger partial charge in [0.1, 0.15) is 5.75 Å². The SMILES string of the molecule is COc1ccc(CCC(C)C(=O)N2CCNCC2)cc1. The van der Waals surface area contributed by atoms with E-state index in [1.807, 2.05) is 24.0 Å². The number of methoxy groups -OCH3 is 1. The molecule has 1 unspecified atom stereocenters. The van der Waals surface area contributed by atoms with Crippen molar-refractivity contribution in [3.05, 3.63) is 29.8 Å². The Morgan fingerprint density at radius 2 is 1.95 bits per heavy atom. The summed E-state index contributed by atoms with van der Waals surface area (Å²) in [7, 11) is 1.67. The summed E-state index contributed by atoms with van der Waals surface area (Å²) in [6, 6.07) is 8.08. The summed E-state index contributed by atoms with van der Waals surface area (Å²) < 4.78 is 5.15. The maximum absolute atomic E-state index is 12.3. The Bertz CT molecular complexity index is 425. The van der Waals surface area contributed by atoms with Crippen molar-refractivity contribution in [1.29, 1.82) is 0 Å². The van der Waals surface area contributed by atoms with E-state index in [1.165, 1.54) is 5.56 Å². The maximum atomic E-state index is 12.3. The van der Waals surface area contributed by atoms with Crippen molar-refractivity contribution < 1.29 is 9.53 Å². The molecule has 110 valence electrons. The van der Waals surface area contributed by atoms with Gasteiger partial charge in [0.05, 0.1) is 7.11 Å². The first-order chi connectivity index (χ1) is 9.70. The lowest BCUT2D eigenvalue weighted by atomic mass is 9.99. The van der Waals surface area contributed by atoms with Gasteiger partial charge in [-0.3, -0.25) is 4.79 Å². The van der Waals surface area contributed by atoms with Crippen molar-refractivity contribution in [2.24, 2.45) is 5.92 Å². The third kappa shape index (κ3) is 3.97.